The van der Waals surface area contributed by atoms with Crippen LogP contribution >= 0.6 is 0 Å². The van der Waals surface area contributed by atoms with E-state index in [1.54, 1.807) is 0 Å². The fraction of sp³-hybridized carbons (Fsp3) is 0.636. The molecule has 3 heteroatoms. The highest BCUT2D eigenvalue weighted by Crippen LogP contribution is 2.34. The lowest BCUT2D eigenvalue weighted by Gasteiger charge is -2.10. The molecule has 76 valence electrons. The molecule has 0 saturated heterocycles. The molecule has 0 amide bonds. The van der Waals surface area contributed by atoms with Crippen LogP contribution in [-0.4, -0.2) is 16.1 Å². The Labute approximate surface area is 84.1 Å². The van der Waals surface area contributed by atoms with Gasteiger partial charge in [0.15, 0.2) is 6.29 Å². The Balaban J connectivity index is 2.29. The van der Waals surface area contributed by atoms with Gasteiger partial charge < -0.3 is 0 Å². The highest BCUT2D eigenvalue weighted by atomic mass is 16.1. The van der Waals surface area contributed by atoms with Crippen molar-refractivity contribution in [3.63, 3.8) is 0 Å². The van der Waals surface area contributed by atoms with Crippen molar-refractivity contribution < 1.29 is 4.79 Å². The topological polar surface area (TPSA) is 34.9 Å². The van der Waals surface area contributed by atoms with Gasteiger partial charge >= 0.3 is 0 Å². The van der Waals surface area contributed by atoms with Crippen molar-refractivity contribution in [3.05, 3.63) is 17.5 Å². The van der Waals surface area contributed by atoms with Gasteiger partial charge in [-0.2, -0.15) is 5.10 Å². The van der Waals surface area contributed by atoms with E-state index in [1.807, 2.05) is 10.7 Å². The second-order valence-electron chi connectivity index (χ2n) is 3.91. The van der Waals surface area contributed by atoms with Crippen LogP contribution in [0.2, 0.25) is 0 Å². The molecular formula is C11H16N2O. The lowest BCUT2D eigenvalue weighted by atomic mass is 10.0. The molecule has 1 heterocycles. The molecule has 0 spiro atoms. The van der Waals surface area contributed by atoms with E-state index >= 15 is 0 Å². The molecule has 0 radical (unpaired) electrons. The summed E-state index contributed by atoms with van der Waals surface area (Å²) in [5.74, 6) is 0.635. The van der Waals surface area contributed by atoms with Crippen LogP contribution < -0.4 is 0 Å². The second-order valence-corrected chi connectivity index (χ2v) is 3.91. The summed E-state index contributed by atoms with van der Waals surface area (Å²) in [6.45, 7) is 2.93. The highest BCUT2D eigenvalue weighted by Gasteiger charge is 2.21. The van der Waals surface area contributed by atoms with Crippen molar-refractivity contribution in [2.45, 2.75) is 45.1 Å². The van der Waals surface area contributed by atoms with Crippen LogP contribution in [0.25, 0.3) is 0 Å². The van der Waals surface area contributed by atoms with Crippen LogP contribution in [0.1, 0.15) is 54.7 Å². The first-order chi connectivity index (χ1) is 6.85. The summed E-state index contributed by atoms with van der Waals surface area (Å²) < 4.78 is 1.97. The molecular weight excluding hydrogens is 176 g/mol. The zero-order chi connectivity index (χ0) is 9.97. The fourth-order valence-electron chi connectivity index (χ4n) is 2.31. The molecule has 14 heavy (non-hydrogen) atoms. The van der Waals surface area contributed by atoms with Crippen LogP contribution in [0.3, 0.4) is 0 Å². The molecule has 1 aliphatic rings. The molecule has 0 aromatic carbocycles. The van der Waals surface area contributed by atoms with Crippen molar-refractivity contribution >= 4 is 6.29 Å². The Bertz CT molecular complexity index is 324. The van der Waals surface area contributed by atoms with Gasteiger partial charge in [-0.25, -0.2) is 0 Å². The number of carbonyl (C=O) groups is 1. The zero-order valence-corrected chi connectivity index (χ0v) is 8.57. The van der Waals surface area contributed by atoms with E-state index < -0.39 is 0 Å². The maximum Gasteiger partial charge on any atom is 0.170 e. The molecule has 1 aliphatic carbocycles. The average Bonchev–Trinajstić information content (AvgIpc) is 2.85. The summed E-state index contributed by atoms with van der Waals surface area (Å²) in [5, 5.41) is 4.24. The average molecular weight is 192 g/mol. The van der Waals surface area contributed by atoms with Crippen LogP contribution in [0.15, 0.2) is 6.07 Å². The minimum Gasteiger partial charge on any atom is -0.296 e. The molecule has 0 aliphatic heterocycles. The smallest absolute Gasteiger partial charge is 0.170 e. The predicted molar refractivity (Wildman–Crippen MR) is 54.5 cm³/mol. The normalized spacial score (nSPS) is 17.5. The van der Waals surface area contributed by atoms with E-state index in [-0.39, 0.29) is 0 Å². The largest absolute Gasteiger partial charge is 0.296 e. The zero-order valence-electron chi connectivity index (χ0n) is 8.57. The van der Waals surface area contributed by atoms with Crippen molar-refractivity contribution in [2.24, 2.45) is 0 Å². The summed E-state index contributed by atoms with van der Waals surface area (Å²) in [4.78, 5) is 10.6. The SMILES string of the molecule is CCn1nc(C=O)cc1C1CCCC1. The molecule has 1 fully saturated rings. The third kappa shape index (κ3) is 1.59. The maximum atomic E-state index is 10.6. The number of aldehydes is 1. The van der Waals surface area contributed by atoms with Gasteiger partial charge in [0, 0.05) is 18.2 Å². The maximum absolute atomic E-state index is 10.6. The van der Waals surface area contributed by atoms with E-state index in [0.717, 1.165) is 12.8 Å². The summed E-state index contributed by atoms with van der Waals surface area (Å²) >= 11 is 0. The Morgan fingerprint density at radius 2 is 2.29 bits per heavy atom. The molecule has 1 saturated carbocycles. The minimum absolute atomic E-state index is 0.578. The number of carbonyl (C=O) groups excluding carboxylic acids is 1. The van der Waals surface area contributed by atoms with Gasteiger partial charge in [-0.05, 0) is 25.8 Å². The van der Waals surface area contributed by atoms with Gasteiger partial charge in [0.05, 0.1) is 0 Å². The van der Waals surface area contributed by atoms with Gasteiger partial charge in [-0.1, -0.05) is 12.8 Å². The third-order valence-electron chi connectivity index (χ3n) is 3.02. The Morgan fingerprint density at radius 1 is 1.57 bits per heavy atom. The second kappa shape index (κ2) is 3.95. The van der Waals surface area contributed by atoms with E-state index in [4.69, 9.17) is 0 Å². The van der Waals surface area contributed by atoms with E-state index in [2.05, 4.69) is 12.0 Å². The molecule has 0 unspecified atom stereocenters. The van der Waals surface area contributed by atoms with Gasteiger partial charge in [-0.15, -0.1) is 0 Å². The van der Waals surface area contributed by atoms with Crippen LogP contribution in [0.4, 0.5) is 0 Å². The van der Waals surface area contributed by atoms with E-state index in [9.17, 15) is 4.79 Å². The van der Waals surface area contributed by atoms with Gasteiger partial charge in [-0.3, -0.25) is 9.48 Å². The fourth-order valence-corrected chi connectivity index (χ4v) is 2.31. The van der Waals surface area contributed by atoms with Crippen LogP contribution in [-0.2, 0) is 6.54 Å². The van der Waals surface area contributed by atoms with Crippen molar-refractivity contribution in [2.75, 3.05) is 0 Å². The summed E-state index contributed by atoms with van der Waals surface area (Å²) in [7, 11) is 0. The number of aromatic nitrogens is 2. The number of hydrogen-bond donors (Lipinski definition) is 0. The molecule has 0 N–H and O–H groups in total. The van der Waals surface area contributed by atoms with Gasteiger partial charge in [0.2, 0.25) is 0 Å². The van der Waals surface area contributed by atoms with Crippen LogP contribution in [0.5, 0.6) is 0 Å². The molecule has 1 aromatic heterocycles. The highest BCUT2D eigenvalue weighted by molar-refractivity contribution is 5.71. The molecule has 2 rings (SSSR count). The molecule has 0 bridgehead atoms. The van der Waals surface area contributed by atoms with Crippen molar-refractivity contribution in [1.29, 1.82) is 0 Å². The first-order valence-corrected chi connectivity index (χ1v) is 5.38. The van der Waals surface area contributed by atoms with Crippen molar-refractivity contribution in [3.8, 4) is 0 Å². The first-order valence-electron chi connectivity index (χ1n) is 5.38. The number of rotatable bonds is 3. The van der Waals surface area contributed by atoms with Crippen LogP contribution in [0, 0.1) is 0 Å². The van der Waals surface area contributed by atoms with E-state index in [1.165, 1.54) is 31.4 Å². The number of nitrogens with zero attached hydrogens (tertiary/aromatic N) is 2. The predicted octanol–water partition coefficient (Wildman–Crippen LogP) is 2.37. The monoisotopic (exact) mass is 192 g/mol. The van der Waals surface area contributed by atoms with Gasteiger partial charge in [0.25, 0.3) is 0 Å². The third-order valence-corrected chi connectivity index (χ3v) is 3.02. The molecule has 3 nitrogen and oxygen atoms in total. The minimum atomic E-state index is 0.578. The lowest BCUT2D eigenvalue weighted by Crippen LogP contribution is -2.05. The lowest BCUT2D eigenvalue weighted by molar-refractivity contribution is 0.111. The Kier molecular flexibility index (Phi) is 2.66. The molecule has 0 atom stereocenters. The Morgan fingerprint density at radius 3 is 2.86 bits per heavy atom. The standard InChI is InChI=1S/C11H16N2O/c1-2-13-11(7-10(8-14)12-13)9-5-3-4-6-9/h7-9H,2-6H2,1H3. The Hall–Kier alpha value is -1.12. The summed E-state index contributed by atoms with van der Waals surface area (Å²) in [6.07, 6.45) is 5.98. The van der Waals surface area contributed by atoms with Gasteiger partial charge in [0.1, 0.15) is 5.69 Å². The quantitative estimate of drug-likeness (QED) is 0.689. The van der Waals surface area contributed by atoms with Crippen molar-refractivity contribution in [1.82, 2.24) is 9.78 Å². The summed E-state index contributed by atoms with van der Waals surface area (Å²) in [5.41, 5.74) is 1.83. The molecule has 1 aromatic rings. The first kappa shape index (κ1) is 9.44. The summed E-state index contributed by atoms with van der Waals surface area (Å²) in [6, 6.07) is 1.95. The van der Waals surface area contributed by atoms with E-state index in [0.29, 0.717) is 11.6 Å². The number of hydrogen-bond acceptors (Lipinski definition) is 2. The number of aryl methyl sites for hydroxylation is 1.